The number of aliphatic imine (C=N–C) groups is 2. The van der Waals surface area contributed by atoms with Gasteiger partial charge in [-0.25, -0.2) is 0 Å². The predicted octanol–water partition coefficient (Wildman–Crippen LogP) is 10.5. The number of aliphatic hydroxyl groups is 1. The number of carbonyl (C=O) groups excluding carboxylic acids is 5. The third kappa shape index (κ3) is 19.9. The number of esters is 2. The van der Waals surface area contributed by atoms with Crippen molar-refractivity contribution in [3.63, 3.8) is 0 Å². The number of allylic oxidation sites excluding steroid dienone is 2. The zero-order chi connectivity index (χ0) is 72.4. The lowest BCUT2D eigenvalue weighted by Crippen LogP contribution is -2.49. The molecular formula is C81H82FN13O11. The van der Waals surface area contributed by atoms with Crippen molar-refractivity contribution in [2.24, 2.45) is 9.98 Å². The molecule has 10 aromatic rings. The van der Waals surface area contributed by atoms with Gasteiger partial charge in [0.25, 0.3) is 11.8 Å². The Morgan fingerprint density at radius 1 is 0.425 bits per heavy atom. The van der Waals surface area contributed by atoms with Crippen molar-refractivity contribution in [1.82, 2.24) is 54.5 Å². The van der Waals surface area contributed by atoms with Gasteiger partial charge in [0, 0.05) is 146 Å². The molecule has 0 bridgehead atoms. The van der Waals surface area contributed by atoms with Gasteiger partial charge < -0.3 is 43.9 Å². The van der Waals surface area contributed by atoms with Crippen LogP contribution in [0.25, 0.3) is 55.1 Å². The van der Waals surface area contributed by atoms with Crippen molar-refractivity contribution in [3.05, 3.63) is 216 Å². The number of aromatic nitrogens is 5. The van der Waals surface area contributed by atoms with E-state index in [4.69, 9.17) is 43.7 Å². The van der Waals surface area contributed by atoms with E-state index in [2.05, 4.69) is 89.7 Å². The summed E-state index contributed by atoms with van der Waals surface area (Å²) in [4.78, 5) is 91.5. The molecule has 3 saturated heterocycles. The summed E-state index contributed by atoms with van der Waals surface area (Å²) in [5.74, 6) is 2.68. The Balaban J connectivity index is 0.000000151. The van der Waals surface area contributed by atoms with E-state index in [-0.39, 0.29) is 29.7 Å². The van der Waals surface area contributed by atoms with Crippen molar-refractivity contribution < 1.29 is 57.5 Å². The topological polar surface area (TPSA) is 261 Å². The van der Waals surface area contributed by atoms with Crippen LogP contribution in [-0.4, -0.2) is 208 Å². The van der Waals surface area contributed by atoms with Crippen LogP contribution in [0.3, 0.4) is 0 Å². The highest BCUT2D eigenvalue weighted by Gasteiger charge is 2.24. The lowest BCUT2D eigenvalue weighted by atomic mass is 10.1. The average molecular weight is 1430 g/mol. The van der Waals surface area contributed by atoms with Gasteiger partial charge >= 0.3 is 11.9 Å². The van der Waals surface area contributed by atoms with E-state index < -0.39 is 24.5 Å². The van der Waals surface area contributed by atoms with Gasteiger partial charge in [0.2, 0.25) is 5.91 Å². The molecular weight excluding hydrogens is 1350 g/mol. The number of halogens is 1. The second-order valence-corrected chi connectivity index (χ2v) is 25.8. The molecule has 0 atom stereocenters. The normalized spacial score (nSPS) is 15.2. The van der Waals surface area contributed by atoms with Gasteiger partial charge in [0.15, 0.2) is 13.2 Å². The van der Waals surface area contributed by atoms with Crippen LogP contribution in [0.15, 0.2) is 198 Å². The maximum Gasteiger partial charge on any atom is 0.303 e. The number of fused-ring (bicyclic) bond motifs is 3. The van der Waals surface area contributed by atoms with Gasteiger partial charge in [-0.3, -0.25) is 68.3 Å². The summed E-state index contributed by atoms with van der Waals surface area (Å²) in [6.45, 7) is 15.0. The number of ether oxygens (including phenoxy) is 5. The fourth-order valence-corrected chi connectivity index (χ4v) is 12.7. The number of carbonyl (C=O) groups is 5. The number of pyridine rings is 3. The Morgan fingerprint density at radius 3 is 1.19 bits per heavy atom. The van der Waals surface area contributed by atoms with Crippen LogP contribution in [-0.2, 0) is 48.3 Å². The van der Waals surface area contributed by atoms with Crippen molar-refractivity contribution in [3.8, 4) is 45.8 Å². The van der Waals surface area contributed by atoms with E-state index >= 15 is 0 Å². The first kappa shape index (κ1) is 74.0. The minimum Gasteiger partial charge on any atom is -0.457 e. The Bertz CT molecular complexity index is 4890. The van der Waals surface area contributed by atoms with Crippen LogP contribution < -0.4 is 19.5 Å². The number of amides is 2. The molecule has 4 aromatic heterocycles. The van der Waals surface area contributed by atoms with E-state index in [1.165, 1.54) is 41.4 Å². The van der Waals surface area contributed by atoms with E-state index in [9.17, 15) is 24.0 Å². The van der Waals surface area contributed by atoms with Crippen LogP contribution in [0.2, 0.25) is 0 Å². The van der Waals surface area contributed by atoms with Crippen molar-refractivity contribution in [2.45, 2.75) is 33.5 Å². The zero-order valence-corrected chi connectivity index (χ0v) is 59.0. The second-order valence-electron chi connectivity index (χ2n) is 25.8. The maximum absolute atomic E-state index is 12.4. The van der Waals surface area contributed by atoms with Crippen LogP contribution in [0.1, 0.15) is 46.9 Å². The molecule has 0 spiro atoms. The summed E-state index contributed by atoms with van der Waals surface area (Å²) < 4.78 is 29.0. The fourth-order valence-electron chi connectivity index (χ4n) is 12.7. The van der Waals surface area contributed by atoms with Gasteiger partial charge in [-0.1, -0.05) is 42.5 Å². The quantitative estimate of drug-likeness (QED) is 0.0672. The van der Waals surface area contributed by atoms with Crippen LogP contribution in [0, 0.1) is 0 Å². The molecule has 24 nitrogen and oxygen atoms in total. The molecule has 3 fully saturated rings. The second kappa shape index (κ2) is 35.6. The highest BCUT2D eigenvalue weighted by Crippen LogP contribution is 2.32. The Morgan fingerprint density at radius 2 is 0.802 bits per heavy atom. The number of aliphatic hydroxyl groups excluding tert-OH is 1. The summed E-state index contributed by atoms with van der Waals surface area (Å²) in [6, 6.07) is 55.4. The number of nitrogens with one attached hydrogen (secondary N) is 1. The number of nitrogens with zero attached hydrogens (tertiary/aromatic N) is 12. The molecule has 0 unspecified atom stereocenters. The van der Waals surface area contributed by atoms with Crippen molar-refractivity contribution >= 4 is 85.9 Å². The zero-order valence-electron chi connectivity index (χ0n) is 59.0. The number of benzene rings is 6. The minimum atomic E-state index is -0.534. The fraction of sp³-hybridized carbons (Fsp3) is 0.272. The molecule has 0 radical (unpaired) electrons. The molecule has 15 rings (SSSR count). The van der Waals surface area contributed by atoms with Gasteiger partial charge in [-0.2, -0.15) is 9.78 Å². The summed E-state index contributed by atoms with van der Waals surface area (Å²) in [6.07, 6.45) is 9.31. The van der Waals surface area contributed by atoms with Gasteiger partial charge in [0.1, 0.15) is 41.1 Å². The van der Waals surface area contributed by atoms with E-state index in [0.717, 1.165) is 149 Å². The first-order valence-electron chi connectivity index (χ1n) is 35.1. The van der Waals surface area contributed by atoms with E-state index in [1.807, 2.05) is 122 Å². The molecule has 0 saturated carbocycles. The molecule has 0 aliphatic carbocycles. The number of hydrogen-bond donors (Lipinski definition) is 2. The molecule has 5 aliphatic heterocycles. The monoisotopic (exact) mass is 1430 g/mol. The first-order valence-corrected chi connectivity index (χ1v) is 35.1. The lowest BCUT2D eigenvalue weighted by molar-refractivity contribution is -0.151. The smallest absolute Gasteiger partial charge is 0.303 e. The standard InChI is InChI=1S/C31H31N5O7.C26H26N4O3.C24H24N4O.FH/c1-21(37)41-19-30(39)35-15-13-34(14-16-35)18-25-6-3-24-17-27(9-10-28(24)33-25)43-26-7-4-23(5-8-26)29-11-12-32-36(29)31(40)20-42-22(2)38;31-18-26(32)30-13-11-29(12-14-30)17-22-4-1-20-15-24(7-8-25(20)28-22)33-23-5-2-19(3-6-23)21-9-10-27-16-21;1-4-21(17-28-13-11-25-12-14-28)27-24-8-7-23(15-19(1)24)29-22-5-2-18(3-6-22)20-9-10-26-16-20;/h3-12,17H,13-16,18-20H2,1-2H3;1-10,15,31H,11-14,16-18H2;1-10,15,25H,11-14,16-17H2;1H. The Labute approximate surface area is 612 Å². The third-order valence-corrected chi connectivity index (χ3v) is 18.4. The molecule has 5 aliphatic rings. The number of piperazine rings is 3. The average Bonchev–Trinajstić information content (AvgIpc) is 1.29. The van der Waals surface area contributed by atoms with Gasteiger partial charge in [-0.05, 0) is 162 Å². The lowest BCUT2D eigenvalue weighted by Gasteiger charge is -2.34. The van der Waals surface area contributed by atoms with E-state index in [1.54, 1.807) is 28.0 Å². The first-order chi connectivity index (χ1) is 51.3. The number of rotatable bonds is 20. The summed E-state index contributed by atoms with van der Waals surface area (Å²) in [5, 5.41) is 19.5. The van der Waals surface area contributed by atoms with Crippen LogP contribution in [0.4, 0.5) is 4.70 Å². The maximum atomic E-state index is 12.4. The molecule has 9 heterocycles. The molecule has 544 valence electrons. The molecule has 106 heavy (non-hydrogen) atoms. The molecule has 2 amide bonds. The predicted molar refractivity (Wildman–Crippen MR) is 404 cm³/mol. The Kier molecular flexibility index (Phi) is 24.9. The van der Waals surface area contributed by atoms with Gasteiger partial charge in [-0.15, -0.1) is 0 Å². The van der Waals surface area contributed by atoms with Crippen LogP contribution >= 0.6 is 0 Å². The minimum absolute atomic E-state index is 0. The summed E-state index contributed by atoms with van der Waals surface area (Å²) in [5.41, 5.74) is 12.0. The molecule has 2 N–H and O–H groups in total. The third-order valence-electron chi connectivity index (χ3n) is 18.4. The SMILES string of the molecule is C1=NCC(c2ccc(Oc3ccc4nc(CN5CCNCC5)ccc4c3)cc2)=C1.CC(=O)OCC(=O)N1CCN(Cc2ccc3cc(Oc4ccc(-c5ccnn5C(=O)COC(C)=O)cc4)ccc3n2)CC1.F.O=C(CO)N1CCN(Cc2ccc3cc(Oc4ccc(C5=CC=NC5)cc4)ccc3n2)CC1. The summed E-state index contributed by atoms with van der Waals surface area (Å²) >= 11 is 0. The van der Waals surface area contributed by atoms with Crippen molar-refractivity contribution in [2.75, 3.05) is 111 Å². The largest absolute Gasteiger partial charge is 0.457 e. The van der Waals surface area contributed by atoms with Crippen molar-refractivity contribution in [1.29, 1.82) is 0 Å². The summed E-state index contributed by atoms with van der Waals surface area (Å²) in [7, 11) is 0. The molecule has 6 aromatic carbocycles. The Hall–Kier alpha value is -11.7. The highest BCUT2D eigenvalue weighted by molar-refractivity contribution is 5.91. The number of hydrogen-bond acceptors (Lipinski definition) is 21. The van der Waals surface area contributed by atoms with E-state index in [0.29, 0.717) is 63.0 Å². The molecule has 25 heteroatoms. The van der Waals surface area contributed by atoms with Gasteiger partial charge in [0.05, 0.1) is 58.6 Å². The van der Waals surface area contributed by atoms with Crippen LogP contribution in [0.5, 0.6) is 34.5 Å². The highest BCUT2D eigenvalue weighted by atomic mass is 19.0.